The first-order valence-corrected chi connectivity index (χ1v) is 8.28. The quantitative estimate of drug-likeness (QED) is 0.851. The van der Waals surface area contributed by atoms with Crippen molar-refractivity contribution in [2.75, 3.05) is 6.54 Å². The maximum Gasteiger partial charge on any atom is 0.263 e. The van der Waals surface area contributed by atoms with E-state index in [4.69, 9.17) is 4.74 Å². The molecule has 0 N–H and O–H groups in total. The Kier molecular flexibility index (Phi) is 4.56. The number of rotatable bonds is 3. The minimum absolute atomic E-state index is 0.0713. The van der Waals surface area contributed by atoms with E-state index in [2.05, 4.69) is 0 Å². The molecule has 1 aliphatic heterocycles. The van der Waals surface area contributed by atoms with Gasteiger partial charge in [-0.25, -0.2) is 4.39 Å². The Morgan fingerprint density at radius 2 is 1.96 bits per heavy atom. The fourth-order valence-electron chi connectivity index (χ4n) is 3.19. The third-order valence-corrected chi connectivity index (χ3v) is 4.61. The van der Waals surface area contributed by atoms with Crippen LogP contribution in [0.3, 0.4) is 0 Å². The van der Waals surface area contributed by atoms with Crippen molar-refractivity contribution in [2.24, 2.45) is 0 Å². The third-order valence-electron chi connectivity index (χ3n) is 4.61. The van der Waals surface area contributed by atoms with Crippen LogP contribution in [0, 0.1) is 12.7 Å². The van der Waals surface area contributed by atoms with Crippen LogP contribution in [0.5, 0.6) is 5.75 Å². The van der Waals surface area contributed by atoms with Gasteiger partial charge in [0.1, 0.15) is 11.6 Å². The van der Waals surface area contributed by atoms with Gasteiger partial charge in [-0.1, -0.05) is 23.8 Å². The number of carbonyl (C=O) groups excluding carboxylic acids is 1. The molecule has 2 aromatic rings. The van der Waals surface area contributed by atoms with Crippen molar-refractivity contribution in [3.8, 4) is 5.75 Å². The topological polar surface area (TPSA) is 29.5 Å². The molecular weight excluding hydrogens is 305 g/mol. The number of amides is 1. The summed E-state index contributed by atoms with van der Waals surface area (Å²) in [5, 5.41) is 0. The van der Waals surface area contributed by atoms with Gasteiger partial charge in [-0.2, -0.15) is 0 Å². The van der Waals surface area contributed by atoms with Crippen LogP contribution in [0.4, 0.5) is 4.39 Å². The number of fused-ring (bicyclic) bond motifs is 1. The van der Waals surface area contributed by atoms with Crippen LogP contribution >= 0.6 is 0 Å². The number of halogens is 1. The van der Waals surface area contributed by atoms with Gasteiger partial charge in [-0.15, -0.1) is 0 Å². The summed E-state index contributed by atoms with van der Waals surface area (Å²) in [6.07, 6.45) is 0.161. The number of ether oxygens (including phenoxy) is 1. The van der Waals surface area contributed by atoms with E-state index in [-0.39, 0.29) is 17.8 Å². The summed E-state index contributed by atoms with van der Waals surface area (Å²) < 4.78 is 19.3. The first-order valence-electron chi connectivity index (χ1n) is 8.28. The maximum atomic E-state index is 13.5. The van der Waals surface area contributed by atoms with Gasteiger partial charge in [-0.3, -0.25) is 4.79 Å². The molecule has 2 atom stereocenters. The van der Waals surface area contributed by atoms with E-state index >= 15 is 0 Å². The smallest absolute Gasteiger partial charge is 0.263 e. The molecule has 0 fully saturated rings. The zero-order valence-corrected chi connectivity index (χ0v) is 14.3. The number of hydrogen-bond donors (Lipinski definition) is 0. The lowest BCUT2D eigenvalue weighted by Crippen LogP contribution is -2.45. The van der Waals surface area contributed by atoms with E-state index < -0.39 is 6.10 Å². The van der Waals surface area contributed by atoms with Gasteiger partial charge in [0.25, 0.3) is 5.91 Å². The molecule has 3 rings (SSSR count). The first-order chi connectivity index (χ1) is 11.5. The van der Waals surface area contributed by atoms with E-state index in [0.717, 1.165) is 23.1 Å². The molecule has 0 aromatic heterocycles. The lowest BCUT2D eigenvalue weighted by Gasteiger charge is -2.36. The molecular formula is C20H22FNO2. The molecule has 0 spiro atoms. The highest BCUT2D eigenvalue weighted by Gasteiger charge is 2.31. The van der Waals surface area contributed by atoms with Crippen LogP contribution in [0.2, 0.25) is 0 Å². The van der Waals surface area contributed by atoms with Crippen molar-refractivity contribution in [2.45, 2.75) is 39.3 Å². The summed E-state index contributed by atoms with van der Waals surface area (Å²) in [4.78, 5) is 14.6. The largest absolute Gasteiger partial charge is 0.481 e. The third kappa shape index (κ3) is 3.28. The van der Waals surface area contributed by atoms with Gasteiger partial charge in [0, 0.05) is 6.54 Å². The Labute approximate surface area is 142 Å². The molecule has 24 heavy (non-hydrogen) atoms. The Hall–Kier alpha value is -2.36. The van der Waals surface area contributed by atoms with Gasteiger partial charge in [0.15, 0.2) is 6.10 Å². The molecule has 4 heteroatoms. The van der Waals surface area contributed by atoms with Gasteiger partial charge in [-0.05, 0) is 62.6 Å². The van der Waals surface area contributed by atoms with Crippen molar-refractivity contribution in [3.63, 3.8) is 0 Å². The maximum absolute atomic E-state index is 13.5. The van der Waals surface area contributed by atoms with E-state index in [1.165, 1.54) is 12.1 Å². The summed E-state index contributed by atoms with van der Waals surface area (Å²) >= 11 is 0. The van der Waals surface area contributed by atoms with Crippen molar-refractivity contribution < 1.29 is 13.9 Å². The van der Waals surface area contributed by atoms with Crippen LogP contribution in [-0.4, -0.2) is 23.5 Å². The molecule has 2 aromatic carbocycles. The number of carbonyl (C=O) groups is 1. The number of aryl methyl sites for hydroxylation is 1. The molecule has 1 amide bonds. The second-order valence-corrected chi connectivity index (χ2v) is 6.37. The Balaban J connectivity index is 1.74. The van der Waals surface area contributed by atoms with Crippen molar-refractivity contribution in [3.05, 3.63) is 65.0 Å². The zero-order chi connectivity index (χ0) is 17.3. The summed E-state index contributed by atoms with van der Waals surface area (Å²) in [5.41, 5.74) is 3.14. The average Bonchev–Trinajstić information content (AvgIpc) is 2.57. The molecule has 1 aliphatic rings. The van der Waals surface area contributed by atoms with Crippen LogP contribution in [0.15, 0.2) is 42.5 Å². The summed E-state index contributed by atoms with van der Waals surface area (Å²) in [7, 11) is 0. The van der Waals surface area contributed by atoms with Gasteiger partial charge in [0.2, 0.25) is 0 Å². The standard InChI is InChI=1S/C20H22FNO2/c1-13-4-8-18(9-5-13)24-15(3)20(23)22-11-10-16-6-7-17(21)12-19(16)14(22)2/h4-9,12,14-15H,10-11H2,1-3H3. The van der Waals surface area contributed by atoms with Crippen LogP contribution in [0.25, 0.3) is 0 Å². The monoisotopic (exact) mass is 327 g/mol. The van der Waals surface area contributed by atoms with E-state index in [9.17, 15) is 9.18 Å². The molecule has 2 unspecified atom stereocenters. The molecule has 0 saturated carbocycles. The Morgan fingerprint density at radius 3 is 2.67 bits per heavy atom. The highest BCUT2D eigenvalue weighted by Crippen LogP contribution is 2.30. The highest BCUT2D eigenvalue weighted by molar-refractivity contribution is 5.81. The fourth-order valence-corrected chi connectivity index (χ4v) is 3.19. The van der Waals surface area contributed by atoms with Gasteiger partial charge >= 0.3 is 0 Å². The van der Waals surface area contributed by atoms with E-state index in [1.54, 1.807) is 11.8 Å². The molecule has 3 nitrogen and oxygen atoms in total. The SMILES string of the molecule is Cc1ccc(OC(C)C(=O)N2CCc3ccc(F)cc3C2C)cc1. The number of benzene rings is 2. The first kappa shape index (κ1) is 16.5. The molecule has 0 radical (unpaired) electrons. The summed E-state index contributed by atoms with van der Waals surface area (Å²) in [6, 6.07) is 12.3. The second kappa shape index (κ2) is 6.63. The predicted octanol–water partition coefficient (Wildman–Crippen LogP) is 4.05. The van der Waals surface area contributed by atoms with Crippen molar-refractivity contribution in [1.29, 1.82) is 0 Å². The lowest BCUT2D eigenvalue weighted by molar-refractivity contribution is -0.140. The van der Waals surface area contributed by atoms with Crippen LogP contribution in [-0.2, 0) is 11.2 Å². The molecule has 0 bridgehead atoms. The number of hydrogen-bond acceptors (Lipinski definition) is 2. The normalized spacial score (nSPS) is 18.0. The minimum Gasteiger partial charge on any atom is -0.481 e. The van der Waals surface area contributed by atoms with Crippen molar-refractivity contribution >= 4 is 5.91 Å². The Bertz CT molecular complexity index is 742. The highest BCUT2D eigenvalue weighted by atomic mass is 19.1. The summed E-state index contributed by atoms with van der Waals surface area (Å²) in [6.45, 7) is 6.33. The lowest BCUT2D eigenvalue weighted by atomic mass is 9.93. The van der Waals surface area contributed by atoms with Gasteiger partial charge < -0.3 is 9.64 Å². The second-order valence-electron chi connectivity index (χ2n) is 6.37. The zero-order valence-electron chi connectivity index (χ0n) is 14.3. The van der Waals surface area contributed by atoms with Crippen LogP contribution < -0.4 is 4.74 Å². The predicted molar refractivity (Wildman–Crippen MR) is 91.5 cm³/mol. The minimum atomic E-state index is -0.578. The number of nitrogens with zero attached hydrogens (tertiary/aromatic N) is 1. The van der Waals surface area contributed by atoms with Crippen LogP contribution in [0.1, 0.15) is 36.6 Å². The Morgan fingerprint density at radius 1 is 1.25 bits per heavy atom. The summed E-state index contributed by atoms with van der Waals surface area (Å²) in [5.74, 6) is 0.342. The molecule has 0 aliphatic carbocycles. The average molecular weight is 327 g/mol. The molecule has 126 valence electrons. The van der Waals surface area contributed by atoms with E-state index in [0.29, 0.717) is 12.3 Å². The molecule has 0 saturated heterocycles. The fraction of sp³-hybridized carbons (Fsp3) is 0.350. The van der Waals surface area contributed by atoms with E-state index in [1.807, 2.05) is 44.2 Å². The van der Waals surface area contributed by atoms with Crippen molar-refractivity contribution in [1.82, 2.24) is 4.90 Å². The van der Waals surface area contributed by atoms with Gasteiger partial charge in [0.05, 0.1) is 6.04 Å². The molecule has 1 heterocycles.